The van der Waals surface area contributed by atoms with Crippen molar-refractivity contribution in [2.24, 2.45) is 0 Å². The molecule has 0 aliphatic heterocycles. The first-order valence-electron chi connectivity index (χ1n) is 4.67. The maximum absolute atomic E-state index is 11.0. The lowest BCUT2D eigenvalue weighted by molar-refractivity contribution is -0.140. The fourth-order valence-corrected chi connectivity index (χ4v) is 2.20. The third kappa shape index (κ3) is 5.71. The average Bonchev–Trinajstić information content (AvgIpc) is 2.17. The van der Waals surface area contributed by atoms with E-state index in [9.17, 15) is 9.59 Å². The first-order valence-corrected chi connectivity index (χ1v) is 6.43. The minimum absolute atomic E-state index is 0.302. The van der Waals surface area contributed by atoms with Crippen LogP contribution in [-0.2, 0) is 18.4 Å². The molecule has 0 fully saturated rings. The van der Waals surface area contributed by atoms with Gasteiger partial charge < -0.3 is 14.2 Å². The van der Waals surface area contributed by atoms with Gasteiger partial charge in [0, 0.05) is 12.8 Å². The van der Waals surface area contributed by atoms with Crippen LogP contribution < -0.4 is 5.32 Å². The van der Waals surface area contributed by atoms with E-state index in [0.717, 1.165) is 0 Å². The minimum Gasteiger partial charge on any atom is -0.486 e. The van der Waals surface area contributed by atoms with Crippen molar-refractivity contribution in [1.82, 2.24) is 5.32 Å². The van der Waals surface area contributed by atoms with E-state index < -0.39 is 9.28 Å². The predicted molar refractivity (Wildman–Crippen MR) is 53.8 cm³/mol. The molecule has 0 saturated heterocycles. The second-order valence-electron chi connectivity index (χ2n) is 2.67. The monoisotopic (exact) mass is 219 g/mol. The van der Waals surface area contributed by atoms with Crippen molar-refractivity contribution in [1.29, 1.82) is 0 Å². The Labute approximate surface area is 85.6 Å². The molecule has 0 heterocycles. The summed E-state index contributed by atoms with van der Waals surface area (Å²) in [7, 11) is -0.473. The van der Waals surface area contributed by atoms with E-state index in [1.54, 1.807) is 20.9 Å². The van der Waals surface area contributed by atoms with Crippen LogP contribution in [0.5, 0.6) is 0 Å². The van der Waals surface area contributed by atoms with E-state index in [1.165, 1.54) is 0 Å². The molecule has 0 atom stereocenters. The molecule has 0 saturated carbocycles. The van der Waals surface area contributed by atoms with Crippen molar-refractivity contribution in [2.75, 3.05) is 13.2 Å². The minimum atomic E-state index is -2.20. The topological polar surface area (TPSA) is 64.6 Å². The average molecular weight is 219 g/mol. The summed E-state index contributed by atoms with van der Waals surface area (Å²) in [5.74, 6) is -0.637. The van der Waals surface area contributed by atoms with Gasteiger partial charge in [-0.05, 0) is 7.05 Å². The zero-order valence-corrected chi connectivity index (χ0v) is 9.99. The number of carbonyl (C=O) groups is 2. The fraction of sp³-hybridized carbons (Fsp3) is 0.750. The van der Waals surface area contributed by atoms with Gasteiger partial charge in [-0.2, -0.15) is 0 Å². The van der Waals surface area contributed by atoms with Gasteiger partial charge in [-0.1, -0.05) is 13.8 Å². The molecule has 0 radical (unpaired) electrons. The predicted octanol–water partition coefficient (Wildman–Crippen LogP) is -0.128. The van der Waals surface area contributed by atoms with Crippen LogP contribution in [-0.4, -0.2) is 34.4 Å². The van der Waals surface area contributed by atoms with Gasteiger partial charge in [0.25, 0.3) is 11.9 Å². The Bertz CT molecular complexity index is 180. The molecule has 0 rings (SSSR count). The fourth-order valence-electron chi connectivity index (χ4n) is 0.734. The molecule has 0 aliphatic rings. The zero-order valence-electron chi connectivity index (χ0n) is 8.83. The summed E-state index contributed by atoms with van der Waals surface area (Å²) in [6.45, 7) is 3.41. The molecule has 0 amide bonds. The van der Waals surface area contributed by atoms with E-state index in [1.807, 2.05) is 0 Å². The van der Waals surface area contributed by atoms with E-state index >= 15 is 0 Å². The maximum Gasteiger partial charge on any atom is 0.462 e. The Morgan fingerprint density at radius 1 is 1.14 bits per heavy atom. The molecular formula is C8H17NO4Si. The molecule has 0 aromatic heterocycles. The Balaban J connectivity index is 4.00. The summed E-state index contributed by atoms with van der Waals surface area (Å²) < 4.78 is 10.0. The van der Waals surface area contributed by atoms with Gasteiger partial charge in [0.2, 0.25) is 0 Å². The maximum atomic E-state index is 11.0. The van der Waals surface area contributed by atoms with Crippen LogP contribution in [0.3, 0.4) is 0 Å². The number of nitrogens with one attached hydrogen (secondary N) is 1. The largest absolute Gasteiger partial charge is 0.486 e. The van der Waals surface area contributed by atoms with Gasteiger partial charge in [0.1, 0.15) is 0 Å². The Morgan fingerprint density at radius 3 is 1.86 bits per heavy atom. The molecule has 0 spiro atoms. The Morgan fingerprint density at radius 2 is 1.57 bits per heavy atom. The van der Waals surface area contributed by atoms with Gasteiger partial charge in [-0.15, -0.1) is 0 Å². The van der Waals surface area contributed by atoms with Crippen molar-refractivity contribution >= 4 is 21.2 Å². The second-order valence-corrected chi connectivity index (χ2v) is 4.41. The molecule has 0 unspecified atom stereocenters. The number of carbonyl (C=O) groups excluding carboxylic acids is 2. The first kappa shape index (κ1) is 13.1. The lowest BCUT2D eigenvalue weighted by atomic mass is 10.5. The van der Waals surface area contributed by atoms with Gasteiger partial charge in [-0.3, -0.25) is 9.59 Å². The third-order valence-corrected chi connectivity index (χ3v) is 3.27. The smallest absolute Gasteiger partial charge is 0.462 e. The molecule has 82 valence electrons. The molecule has 0 aromatic carbocycles. The van der Waals surface area contributed by atoms with E-state index in [0.29, 0.717) is 19.0 Å². The third-order valence-electron chi connectivity index (χ3n) is 1.47. The van der Waals surface area contributed by atoms with Crippen LogP contribution in [0.1, 0.15) is 26.7 Å². The Hall–Kier alpha value is -0.883. The molecule has 0 bridgehead atoms. The van der Waals surface area contributed by atoms with Crippen LogP contribution in [0.2, 0.25) is 0 Å². The normalized spacial score (nSPS) is 10.0. The van der Waals surface area contributed by atoms with Crippen molar-refractivity contribution in [3.8, 4) is 0 Å². The molecular weight excluding hydrogens is 202 g/mol. The second kappa shape index (κ2) is 7.51. The van der Waals surface area contributed by atoms with Crippen molar-refractivity contribution < 1.29 is 18.4 Å². The van der Waals surface area contributed by atoms with Gasteiger partial charge >= 0.3 is 9.28 Å². The van der Waals surface area contributed by atoms with E-state index in [-0.39, 0.29) is 11.9 Å². The van der Waals surface area contributed by atoms with Gasteiger partial charge in [-0.25, -0.2) is 0 Å². The summed E-state index contributed by atoms with van der Waals surface area (Å²) in [6.07, 6.45) is 1.05. The van der Waals surface area contributed by atoms with Crippen LogP contribution in [0.15, 0.2) is 0 Å². The molecule has 0 aromatic rings. The highest BCUT2D eigenvalue weighted by Gasteiger charge is 2.20. The summed E-state index contributed by atoms with van der Waals surface area (Å²) in [5.41, 5.74) is 0. The summed E-state index contributed by atoms with van der Waals surface area (Å²) in [6, 6.07) is 0. The molecule has 0 aliphatic carbocycles. The lowest BCUT2D eigenvalue weighted by Crippen LogP contribution is -2.38. The van der Waals surface area contributed by atoms with Crippen LogP contribution >= 0.6 is 0 Å². The number of hydrogen-bond donors (Lipinski definition) is 1. The zero-order chi connectivity index (χ0) is 11.0. The standard InChI is InChI=1S/C8H17NO4Si/c1-4-7(10)12-14(6-9-3)13-8(11)5-2/h9,14H,4-6H2,1-3H3. The summed E-state index contributed by atoms with van der Waals surface area (Å²) in [5, 5.41) is 2.83. The molecule has 1 N–H and O–H groups in total. The SMILES string of the molecule is CCC(=O)O[SiH](CNC)OC(=O)CC. The van der Waals surface area contributed by atoms with Crippen molar-refractivity contribution in [2.45, 2.75) is 26.7 Å². The highest BCUT2D eigenvalue weighted by molar-refractivity contribution is 6.49. The van der Waals surface area contributed by atoms with Crippen LogP contribution in [0.4, 0.5) is 0 Å². The van der Waals surface area contributed by atoms with Gasteiger partial charge in [0.15, 0.2) is 0 Å². The quantitative estimate of drug-likeness (QED) is 0.631. The molecule has 14 heavy (non-hydrogen) atoms. The molecule has 5 nitrogen and oxygen atoms in total. The summed E-state index contributed by atoms with van der Waals surface area (Å²) >= 11 is 0. The summed E-state index contributed by atoms with van der Waals surface area (Å²) in [4.78, 5) is 21.9. The lowest BCUT2D eigenvalue weighted by Gasteiger charge is -2.15. The van der Waals surface area contributed by atoms with Crippen molar-refractivity contribution in [3.05, 3.63) is 0 Å². The van der Waals surface area contributed by atoms with Crippen molar-refractivity contribution in [3.63, 3.8) is 0 Å². The highest BCUT2D eigenvalue weighted by atomic mass is 28.3. The highest BCUT2D eigenvalue weighted by Crippen LogP contribution is 1.95. The Kier molecular flexibility index (Phi) is 7.04. The van der Waals surface area contributed by atoms with E-state index in [2.05, 4.69) is 5.32 Å². The van der Waals surface area contributed by atoms with Crippen LogP contribution in [0, 0.1) is 0 Å². The molecule has 6 heteroatoms. The van der Waals surface area contributed by atoms with Gasteiger partial charge in [0.05, 0.1) is 6.17 Å². The van der Waals surface area contributed by atoms with Crippen LogP contribution in [0.25, 0.3) is 0 Å². The van der Waals surface area contributed by atoms with E-state index in [4.69, 9.17) is 8.85 Å². The number of hydrogen-bond acceptors (Lipinski definition) is 5. The first-order chi connectivity index (χ1) is 6.63. The number of rotatable bonds is 6.